The Morgan fingerprint density at radius 2 is 1.44 bits per heavy atom. The molecule has 1 saturated carbocycles. The molecule has 9 nitrogen and oxygen atoms in total. The number of benzene rings is 3. The van der Waals surface area contributed by atoms with E-state index in [2.05, 4.69) is 5.32 Å². The van der Waals surface area contributed by atoms with E-state index in [0.717, 1.165) is 35.6 Å². The van der Waals surface area contributed by atoms with Gasteiger partial charge in [0.15, 0.2) is 0 Å². The summed E-state index contributed by atoms with van der Waals surface area (Å²) in [6.07, 6.45) is 3.93. The molecule has 2 amide bonds. The highest BCUT2D eigenvalue weighted by Crippen LogP contribution is 2.27. The third-order valence-corrected chi connectivity index (χ3v) is 9.14. The lowest BCUT2D eigenvalue weighted by Crippen LogP contribution is -2.52. The Kier molecular flexibility index (Phi) is 9.88. The van der Waals surface area contributed by atoms with Crippen LogP contribution in [-0.4, -0.2) is 58.0 Å². The van der Waals surface area contributed by atoms with Gasteiger partial charge < -0.3 is 19.7 Å². The SMILES string of the molecule is COc1ccc(CN(C(=O)CN(c2ccc(OC)cc2)S(=O)(=O)c2ccccc2)[C@H](C)C(=O)NC2CCCC2)cc1. The van der Waals surface area contributed by atoms with Gasteiger partial charge in [-0.05, 0) is 73.9 Å². The zero-order valence-electron chi connectivity index (χ0n) is 23.7. The van der Waals surface area contributed by atoms with Gasteiger partial charge >= 0.3 is 0 Å². The fourth-order valence-corrected chi connectivity index (χ4v) is 6.33. The number of hydrogen-bond donors (Lipinski definition) is 1. The molecule has 0 radical (unpaired) electrons. The van der Waals surface area contributed by atoms with E-state index in [1.807, 2.05) is 12.1 Å². The lowest BCUT2D eigenvalue weighted by molar-refractivity contribution is -0.139. The van der Waals surface area contributed by atoms with Gasteiger partial charge in [0.1, 0.15) is 24.1 Å². The first kappa shape index (κ1) is 29.9. The van der Waals surface area contributed by atoms with Crippen LogP contribution in [0.3, 0.4) is 0 Å². The van der Waals surface area contributed by atoms with Gasteiger partial charge in [0.25, 0.3) is 10.0 Å². The minimum absolute atomic E-state index is 0.0531. The Morgan fingerprint density at radius 1 is 0.878 bits per heavy atom. The molecule has 0 aromatic heterocycles. The van der Waals surface area contributed by atoms with Crippen molar-refractivity contribution in [2.75, 3.05) is 25.1 Å². The average molecular weight is 580 g/mol. The minimum atomic E-state index is -4.12. The van der Waals surface area contributed by atoms with E-state index in [1.165, 1.54) is 24.1 Å². The van der Waals surface area contributed by atoms with Gasteiger partial charge in [-0.1, -0.05) is 43.2 Å². The molecule has 4 rings (SSSR count). The molecule has 1 fully saturated rings. The zero-order chi connectivity index (χ0) is 29.4. The second kappa shape index (κ2) is 13.5. The van der Waals surface area contributed by atoms with E-state index in [-0.39, 0.29) is 23.4 Å². The molecule has 1 N–H and O–H groups in total. The van der Waals surface area contributed by atoms with Crippen LogP contribution in [0.1, 0.15) is 38.2 Å². The van der Waals surface area contributed by atoms with Gasteiger partial charge in [-0.3, -0.25) is 13.9 Å². The van der Waals surface area contributed by atoms with Crippen molar-refractivity contribution in [2.24, 2.45) is 0 Å². The van der Waals surface area contributed by atoms with Crippen LogP contribution >= 0.6 is 0 Å². The van der Waals surface area contributed by atoms with Crippen molar-refractivity contribution in [3.8, 4) is 11.5 Å². The molecule has 3 aromatic carbocycles. The van der Waals surface area contributed by atoms with Crippen LogP contribution < -0.4 is 19.1 Å². The summed E-state index contributed by atoms with van der Waals surface area (Å²) in [6.45, 7) is 1.29. The molecule has 0 aliphatic heterocycles. The maximum atomic E-state index is 14.0. The molecular weight excluding hydrogens is 542 g/mol. The third kappa shape index (κ3) is 7.38. The van der Waals surface area contributed by atoms with Crippen LogP contribution in [0.4, 0.5) is 5.69 Å². The van der Waals surface area contributed by atoms with E-state index in [9.17, 15) is 18.0 Å². The van der Waals surface area contributed by atoms with Crippen molar-refractivity contribution in [1.82, 2.24) is 10.2 Å². The Bertz CT molecular complexity index is 1410. The van der Waals surface area contributed by atoms with Gasteiger partial charge in [0.2, 0.25) is 11.8 Å². The summed E-state index contributed by atoms with van der Waals surface area (Å²) in [4.78, 5) is 28.8. The maximum absolute atomic E-state index is 14.0. The first-order chi connectivity index (χ1) is 19.7. The summed E-state index contributed by atoms with van der Waals surface area (Å²) < 4.78 is 39.2. The van der Waals surface area contributed by atoms with E-state index in [1.54, 1.807) is 68.6 Å². The van der Waals surface area contributed by atoms with E-state index in [4.69, 9.17) is 9.47 Å². The number of carbonyl (C=O) groups is 2. The van der Waals surface area contributed by atoms with Crippen LogP contribution in [0, 0.1) is 0 Å². The highest BCUT2D eigenvalue weighted by molar-refractivity contribution is 7.92. The quantitative estimate of drug-likeness (QED) is 0.342. The Labute approximate surface area is 242 Å². The van der Waals surface area contributed by atoms with Gasteiger partial charge in [-0.15, -0.1) is 0 Å². The van der Waals surface area contributed by atoms with Gasteiger partial charge in [0.05, 0.1) is 24.8 Å². The lowest BCUT2D eigenvalue weighted by Gasteiger charge is -2.32. The van der Waals surface area contributed by atoms with Crippen molar-refractivity contribution < 1.29 is 27.5 Å². The molecular formula is C31H37N3O6S. The lowest BCUT2D eigenvalue weighted by atomic mass is 10.1. The molecule has 0 heterocycles. The normalized spacial score (nSPS) is 14.2. The van der Waals surface area contributed by atoms with Crippen molar-refractivity contribution in [3.63, 3.8) is 0 Å². The number of carbonyl (C=O) groups excluding carboxylic acids is 2. The maximum Gasteiger partial charge on any atom is 0.264 e. The summed E-state index contributed by atoms with van der Waals surface area (Å²) in [5.41, 5.74) is 1.08. The number of anilines is 1. The van der Waals surface area contributed by atoms with Crippen molar-refractivity contribution in [3.05, 3.63) is 84.4 Å². The zero-order valence-corrected chi connectivity index (χ0v) is 24.5. The molecule has 1 aliphatic rings. The van der Waals surface area contributed by atoms with Crippen LogP contribution in [0.15, 0.2) is 83.8 Å². The number of nitrogens with zero attached hydrogens (tertiary/aromatic N) is 2. The minimum Gasteiger partial charge on any atom is -0.497 e. The summed E-state index contributed by atoms with van der Waals surface area (Å²) in [7, 11) is -1.03. The fraction of sp³-hybridized carbons (Fsp3) is 0.355. The molecule has 0 bridgehead atoms. The van der Waals surface area contributed by atoms with E-state index >= 15 is 0 Å². The number of sulfonamides is 1. The van der Waals surface area contributed by atoms with Gasteiger partial charge in [0, 0.05) is 12.6 Å². The van der Waals surface area contributed by atoms with Crippen molar-refractivity contribution in [2.45, 2.75) is 56.1 Å². The Hall–Kier alpha value is -4.05. The highest BCUT2D eigenvalue weighted by atomic mass is 32.2. The molecule has 0 saturated heterocycles. The van der Waals surface area contributed by atoms with Crippen LogP contribution in [0.2, 0.25) is 0 Å². The second-order valence-corrected chi connectivity index (χ2v) is 11.9. The first-order valence-electron chi connectivity index (χ1n) is 13.7. The van der Waals surface area contributed by atoms with E-state index < -0.39 is 28.5 Å². The summed E-state index contributed by atoms with van der Waals surface area (Å²) >= 11 is 0. The second-order valence-electron chi connectivity index (χ2n) is 10.1. The number of methoxy groups -OCH3 is 2. The first-order valence-corrected chi connectivity index (χ1v) is 15.1. The Balaban J connectivity index is 1.67. The molecule has 10 heteroatoms. The number of rotatable bonds is 12. The molecule has 0 unspecified atom stereocenters. The van der Waals surface area contributed by atoms with Gasteiger partial charge in [-0.2, -0.15) is 0 Å². The average Bonchev–Trinajstić information content (AvgIpc) is 3.52. The standard InChI is InChI=1S/C31H37N3O6S/c1-23(31(36)32-25-9-7-8-10-25)33(21-24-13-17-27(39-2)18-14-24)30(35)22-34(26-15-19-28(40-3)20-16-26)41(37,38)29-11-5-4-6-12-29/h4-6,11-20,23,25H,7-10,21-22H2,1-3H3,(H,32,36)/t23-/m1/s1. The molecule has 41 heavy (non-hydrogen) atoms. The van der Waals surface area contributed by atoms with E-state index in [0.29, 0.717) is 17.2 Å². The van der Waals surface area contributed by atoms with Crippen LogP contribution in [-0.2, 0) is 26.2 Å². The largest absolute Gasteiger partial charge is 0.497 e. The number of amides is 2. The summed E-state index contributed by atoms with van der Waals surface area (Å²) in [6, 6.07) is 20.9. The van der Waals surface area contributed by atoms with Gasteiger partial charge in [-0.25, -0.2) is 8.42 Å². The predicted molar refractivity (Wildman–Crippen MR) is 157 cm³/mol. The summed E-state index contributed by atoms with van der Waals surface area (Å²) in [5.74, 6) is 0.444. The Morgan fingerprint density at radius 3 is 2.00 bits per heavy atom. The predicted octanol–water partition coefficient (Wildman–Crippen LogP) is 4.38. The smallest absolute Gasteiger partial charge is 0.264 e. The molecule has 1 aliphatic carbocycles. The third-order valence-electron chi connectivity index (χ3n) is 7.35. The van der Waals surface area contributed by atoms with Crippen LogP contribution in [0.25, 0.3) is 0 Å². The monoisotopic (exact) mass is 579 g/mol. The number of ether oxygens (including phenoxy) is 2. The van der Waals surface area contributed by atoms with Crippen molar-refractivity contribution >= 4 is 27.5 Å². The summed E-state index contributed by atoms with van der Waals surface area (Å²) in [5, 5.41) is 3.07. The topological polar surface area (TPSA) is 105 Å². The number of hydrogen-bond acceptors (Lipinski definition) is 6. The van der Waals surface area contributed by atoms with Crippen LogP contribution in [0.5, 0.6) is 11.5 Å². The fourth-order valence-electron chi connectivity index (χ4n) is 4.90. The molecule has 1 atom stereocenters. The highest BCUT2D eigenvalue weighted by Gasteiger charge is 2.33. The molecule has 3 aromatic rings. The molecule has 218 valence electrons. The van der Waals surface area contributed by atoms with Crippen molar-refractivity contribution in [1.29, 1.82) is 0 Å². The number of nitrogens with one attached hydrogen (secondary N) is 1. The molecule has 0 spiro atoms.